The van der Waals surface area contributed by atoms with E-state index in [2.05, 4.69) is 104 Å². The highest BCUT2D eigenvalue weighted by Gasteiger charge is 2.11. The summed E-state index contributed by atoms with van der Waals surface area (Å²) in [5.74, 6) is 1.69. The third-order valence-corrected chi connectivity index (χ3v) is 3.32. The van der Waals surface area contributed by atoms with Gasteiger partial charge in [0.2, 0.25) is 0 Å². The van der Waals surface area contributed by atoms with Gasteiger partial charge >= 0.3 is 0 Å². The Hall–Kier alpha value is -0.260. The van der Waals surface area contributed by atoms with Gasteiger partial charge in [-0.2, -0.15) is 0 Å². The molecular formula is C23H50. The van der Waals surface area contributed by atoms with Gasteiger partial charge in [0.15, 0.2) is 0 Å². The van der Waals surface area contributed by atoms with Gasteiger partial charge in [0.25, 0.3) is 0 Å². The van der Waals surface area contributed by atoms with Gasteiger partial charge < -0.3 is 0 Å². The smallest absolute Gasteiger partial charge is 0.0178 e. The van der Waals surface area contributed by atoms with Crippen molar-refractivity contribution in [3.8, 4) is 0 Å². The fourth-order valence-electron chi connectivity index (χ4n) is 2.45. The molecule has 0 amide bonds. The van der Waals surface area contributed by atoms with Crippen LogP contribution in [0.2, 0.25) is 0 Å². The van der Waals surface area contributed by atoms with Crippen LogP contribution >= 0.6 is 0 Å². The van der Waals surface area contributed by atoms with Gasteiger partial charge in [0, 0.05) is 0 Å². The summed E-state index contributed by atoms with van der Waals surface area (Å²) in [6.07, 6.45) is 2.65. The maximum Gasteiger partial charge on any atom is -0.0178 e. The van der Waals surface area contributed by atoms with Gasteiger partial charge in [-0.25, -0.2) is 0 Å². The maximum atomic E-state index is 3.83. The molecule has 0 N–H and O–H groups in total. The highest BCUT2D eigenvalue weighted by Crippen LogP contribution is 2.24. The van der Waals surface area contributed by atoms with Crippen molar-refractivity contribution in [2.45, 2.75) is 110 Å². The van der Waals surface area contributed by atoms with E-state index in [0.29, 0.717) is 16.2 Å². The van der Waals surface area contributed by atoms with Crippen LogP contribution in [0.4, 0.5) is 0 Å². The quantitative estimate of drug-likeness (QED) is 0.445. The average molecular weight is 327 g/mol. The van der Waals surface area contributed by atoms with Crippen molar-refractivity contribution in [3.05, 3.63) is 12.2 Å². The summed E-state index contributed by atoms with van der Waals surface area (Å²) in [7, 11) is 0. The third-order valence-electron chi connectivity index (χ3n) is 3.32. The van der Waals surface area contributed by atoms with E-state index in [1.807, 2.05) is 0 Å². The van der Waals surface area contributed by atoms with Gasteiger partial charge in [-0.15, -0.1) is 0 Å². The zero-order chi connectivity index (χ0) is 19.6. The summed E-state index contributed by atoms with van der Waals surface area (Å²) in [4.78, 5) is 0. The van der Waals surface area contributed by atoms with Crippen LogP contribution in [-0.4, -0.2) is 0 Å². The minimum absolute atomic E-state index is 0.306. The number of allylic oxidation sites excluding steroid dienone is 1. The second-order valence-corrected chi connectivity index (χ2v) is 11.3. The molecule has 0 aliphatic rings. The van der Waals surface area contributed by atoms with Gasteiger partial charge in [-0.1, -0.05) is 102 Å². The highest BCUT2D eigenvalue weighted by molar-refractivity contribution is 4.99. The van der Waals surface area contributed by atoms with E-state index in [4.69, 9.17) is 0 Å². The minimum atomic E-state index is 0.306. The number of hydrogen-bond donors (Lipinski definition) is 0. The van der Waals surface area contributed by atoms with Crippen molar-refractivity contribution >= 4 is 0 Å². The lowest BCUT2D eigenvalue weighted by Gasteiger charge is -2.20. The molecule has 0 nitrogen and oxygen atoms in total. The largest absolute Gasteiger partial charge is 0.0996 e. The molecule has 0 aromatic heterocycles. The standard InChI is InChI=1S/2C8H18.C7H14/c2*1-7(2)6-8(3,4)5;1-6(2)7(3,4)5/h2*7H,6H2,1-5H3;1H2,2-5H3. The van der Waals surface area contributed by atoms with Crippen LogP contribution in [0.15, 0.2) is 12.2 Å². The van der Waals surface area contributed by atoms with Gasteiger partial charge in [-0.3, -0.25) is 0 Å². The Kier molecular flexibility index (Phi) is 13.6. The lowest BCUT2D eigenvalue weighted by Crippen LogP contribution is -2.08. The summed E-state index contributed by atoms with van der Waals surface area (Å²) in [5.41, 5.74) is 2.59. The molecule has 0 saturated carbocycles. The van der Waals surface area contributed by atoms with E-state index < -0.39 is 0 Å². The van der Waals surface area contributed by atoms with Crippen LogP contribution < -0.4 is 0 Å². The Labute approximate surface area is 150 Å². The average Bonchev–Trinajstić information content (AvgIpc) is 2.07. The van der Waals surface area contributed by atoms with Crippen LogP contribution in [0.1, 0.15) is 110 Å². The van der Waals surface area contributed by atoms with E-state index in [0.717, 1.165) is 11.8 Å². The van der Waals surface area contributed by atoms with Crippen molar-refractivity contribution in [1.29, 1.82) is 0 Å². The highest BCUT2D eigenvalue weighted by atomic mass is 14.2. The van der Waals surface area contributed by atoms with Crippen LogP contribution in [0.3, 0.4) is 0 Å². The Bertz CT molecular complexity index is 263. The SMILES string of the molecule is C=C(C)C(C)(C)C.CC(C)CC(C)(C)C.CC(C)CC(C)(C)C. The molecule has 0 fully saturated rings. The molecule has 0 unspecified atom stereocenters. The molecule has 0 saturated heterocycles. The van der Waals surface area contributed by atoms with Crippen molar-refractivity contribution in [2.24, 2.45) is 28.1 Å². The predicted molar refractivity (Wildman–Crippen MR) is 112 cm³/mol. The number of rotatable bonds is 2. The molecule has 0 radical (unpaired) electrons. The van der Waals surface area contributed by atoms with E-state index in [9.17, 15) is 0 Å². The van der Waals surface area contributed by atoms with Gasteiger partial charge in [0.05, 0.1) is 0 Å². The zero-order valence-electron chi connectivity index (χ0n) is 19.3. The molecule has 0 heteroatoms. The van der Waals surface area contributed by atoms with Crippen LogP contribution in [0.25, 0.3) is 0 Å². The second kappa shape index (κ2) is 11.3. The molecule has 0 atom stereocenters. The molecule has 0 aliphatic carbocycles. The fraction of sp³-hybridized carbons (Fsp3) is 0.913. The Morgan fingerprint density at radius 2 is 0.826 bits per heavy atom. The lowest BCUT2D eigenvalue weighted by molar-refractivity contribution is 0.320. The van der Waals surface area contributed by atoms with E-state index >= 15 is 0 Å². The first-order valence-corrected chi connectivity index (χ1v) is 9.44. The monoisotopic (exact) mass is 326 g/mol. The first-order valence-electron chi connectivity index (χ1n) is 9.44. The summed E-state index contributed by atoms with van der Waals surface area (Å²) in [5, 5.41) is 0. The molecule has 0 spiro atoms. The van der Waals surface area contributed by atoms with E-state index in [-0.39, 0.29) is 0 Å². The van der Waals surface area contributed by atoms with Crippen molar-refractivity contribution in [3.63, 3.8) is 0 Å². The molecule has 0 aliphatic heterocycles. The summed E-state index contributed by atoms with van der Waals surface area (Å²) in [6.45, 7) is 35.2. The summed E-state index contributed by atoms with van der Waals surface area (Å²) < 4.78 is 0. The Morgan fingerprint density at radius 1 is 0.652 bits per heavy atom. The van der Waals surface area contributed by atoms with Crippen molar-refractivity contribution in [1.82, 2.24) is 0 Å². The van der Waals surface area contributed by atoms with Gasteiger partial charge in [0.1, 0.15) is 0 Å². The fourth-order valence-corrected chi connectivity index (χ4v) is 2.45. The van der Waals surface area contributed by atoms with E-state index in [1.165, 1.54) is 18.4 Å². The summed E-state index contributed by atoms with van der Waals surface area (Å²) >= 11 is 0. The van der Waals surface area contributed by atoms with E-state index in [1.54, 1.807) is 0 Å². The maximum absolute atomic E-state index is 3.83. The molecule has 142 valence electrons. The topological polar surface area (TPSA) is 0 Å². The zero-order valence-corrected chi connectivity index (χ0v) is 19.3. The first-order chi connectivity index (χ1) is 9.78. The Morgan fingerprint density at radius 3 is 0.826 bits per heavy atom. The summed E-state index contributed by atoms with van der Waals surface area (Å²) in [6, 6.07) is 0. The molecule has 0 aromatic rings. The van der Waals surface area contributed by atoms with Gasteiger partial charge in [-0.05, 0) is 47.8 Å². The normalized spacial score (nSPS) is 12.3. The molecular weight excluding hydrogens is 276 g/mol. The van der Waals surface area contributed by atoms with Crippen LogP contribution in [-0.2, 0) is 0 Å². The van der Waals surface area contributed by atoms with Crippen molar-refractivity contribution in [2.75, 3.05) is 0 Å². The third kappa shape index (κ3) is 34.2. The van der Waals surface area contributed by atoms with Crippen molar-refractivity contribution < 1.29 is 0 Å². The predicted octanol–water partition coefficient (Wildman–Crippen LogP) is 8.77. The minimum Gasteiger partial charge on any atom is -0.0996 e. The first kappa shape index (κ1) is 27.6. The second-order valence-electron chi connectivity index (χ2n) is 11.3. The molecule has 0 bridgehead atoms. The molecule has 0 rings (SSSR count). The van der Waals surface area contributed by atoms with Crippen LogP contribution in [0, 0.1) is 28.1 Å². The molecule has 0 aromatic carbocycles. The molecule has 0 heterocycles. The van der Waals surface area contributed by atoms with Crippen LogP contribution in [0.5, 0.6) is 0 Å². The molecule has 23 heavy (non-hydrogen) atoms. The number of hydrogen-bond acceptors (Lipinski definition) is 0. The Balaban J connectivity index is -0.000000262. The lowest BCUT2D eigenvalue weighted by atomic mass is 9.86.